The summed E-state index contributed by atoms with van der Waals surface area (Å²) in [5.74, 6) is 0.156. The Bertz CT molecular complexity index is 377. The number of carbonyl (C=O) groups is 1. The molecule has 0 aliphatic heterocycles. The predicted octanol–water partition coefficient (Wildman–Crippen LogP) is 0.829. The van der Waals surface area contributed by atoms with Crippen molar-refractivity contribution in [3.63, 3.8) is 0 Å². The number of nitrogens with two attached hydrogens (primary N) is 1. The molecule has 1 heterocycles. The van der Waals surface area contributed by atoms with Crippen molar-refractivity contribution in [3.8, 4) is 0 Å². The molecule has 0 radical (unpaired) electrons. The second-order valence-corrected chi connectivity index (χ2v) is 3.69. The first-order chi connectivity index (χ1) is 6.50. The molecule has 1 aromatic rings. The summed E-state index contributed by atoms with van der Waals surface area (Å²) in [6, 6.07) is 1.56. The summed E-state index contributed by atoms with van der Waals surface area (Å²) in [7, 11) is 0. The van der Waals surface area contributed by atoms with Gasteiger partial charge in [-0.15, -0.1) is 0 Å². The molecule has 0 aliphatic carbocycles. The van der Waals surface area contributed by atoms with Crippen LogP contribution in [0, 0.1) is 6.92 Å². The zero-order valence-electron chi connectivity index (χ0n) is 7.26. The fraction of sp³-hybridized carbons (Fsp3) is 0.143. The Balaban J connectivity index is 2.69. The molecule has 76 valence electrons. The summed E-state index contributed by atoms with van der Waals surface area (Å²) >= 11 is 7.63. The van der Waals surface area contributed by atoms with Gasteiger partial charge < -0.3 is 10.2 Å². The van der Waals surface area contributed by atoms with E-state index >= 15 is 0 Å². The van der Waals surface area contributed by atoms with E-state index in [1.165, 1.54) is 0 Å². The Morgan fingerprint density at radius 3 is 2.71 bits per heavy atom. The lowest BCUT2D eigenvalue weighted by atomic mass is 10.2. The van der Waals surface area contributed by atoms with E-state index in [0.29, 0.717) is 16.0 Å². The molecule has 0 saturated heterocycles. The molecule has 0 aromatic carbocycles. The van der Waals surface area contributed by atoms with E-state index in [0.717, 1.165) is 0 Å². The Labute approximate surface area is 94.1 Å². The highest BCUT2D eigenvalue weighted by Gasteiger charge is 2.13. The molecule has 7 heteroatoms. The van der Waals surface area contributed by atoms with Gasteiger partial charge in [0.1, 0.15) is 5.76 Å². The topological polar surface area (TPSA) is 80.3 Å². The number of halogens is 1. The van der Waals surface area contributed by atoms with E-state index in [9.17, 15) is 4.79 Å². The van der Waals surface area contributed by atoms with Crippen molar-refractivity contribution in [2.75, 3.05) is 0 Å². The standard InChI is InChI=1S/C7H8BrN3O2S/c1-3-4(2-5(8)13-3)6(12)10-11-7(9)14/h2H,1H3,(H,10,12)(H3,9,11,14). The summed E-state index contributed by atoms with van der Waals surface area (Å²) in [6.45, 7) is 1.68. The molecule has 0 saturated carbocycles. The lowest BCUT2D eigenvalue weighted by molar-refractivity contribution is 0.0942. The molecule has 0 unspecified atom stereocenters. The van der Waals surface area contributed by atoms with Crippen LogP contribution in [-0.4, -0.2) is 11.0 Å². The van der Waals surface area contributed by atoms with Gasteiger partial charge in [0.2, 0.25) is 0 Å². The van der Waals surface area contributed by atoms with Crippen LogP contribution in [-0.2, 0) is 0 Å². The largest absolute Gasteiger partial charge is 0.454 e. The highest BCUT2D eigenvalue weighted by molar-refractivity contribution is 9.10. The highest BCUT2D eigenvalue weighted by atomic mass is 79.9. The Morgan fingerprint density at radius 1 is 1.64 bits per heavy atom. The first-order valence-corrected chi connectivity index (χ1v) is 4.82. The van der Waals surface area contributed by atoms with Gasteiger partial charge in [0, 0.05) is 6.07 Å². The van der Waals surface area contributed by atoms with Gasteiger partial charge in [-0.25, -0.2) is 0 Å². The number of thiocarbonyl (C=S) groups is 1. The van der Waals surface area contributed by atoms with Crippen molar-refractivity contribution in [1.82, 2.24) is 10.9 Å². The van der Waals surface area contributed by atoms with Crippen molar-refractivity contribution < 1.29 is 9.21 Å². The zero-order valence-corrected chi connectivity index (χ0v) is 9.66. The number of hydrogen-bond donors (Lipinski definition) is 3. The van der Waals surface area contributed by atoms with Crippen LogP contribution in [0.15, 0.2) is 15.2 Å². The average molecular weight is 278 g/mol. The fourth-order valence-corrected chi connectivity index (χ4v) is 1.38. The van der Waals surface area contributed by atoms with Gasteiger partial charge in [-0.1, -0.05) is 0 Å². The van der Waals surface area contributed by atoms with Crippen molar-refractivity contribution in [2.24, 2.45) is 5.73 Å². The highest BCUT2D eigenvalue weighted by Crippen LogP contribution is 2.18. The lowest BCUT2D eigenvalue weighted by Crippen LogP contribution is -2.44. The van der Waals surface area contributed by atoms with Crippen LogP contribution in [0.1, 0.15) is 16.1 Å². The number of carbonyl (C=O) groups excluding carboxylic acids is 1. The summed E-state index contributed by atoms with van der Waals surface area (Å²) in [5, 5.41) is -0.00133. The third kappa shape index (κ3) is 2.71. The molecule has 14 heavy (non-hydrogen) atoms. The van der Waals surface area contributed by atoms with Crippen LogP contribution in [0.4, 0.5) is 0 Å². The zero-order chi connectivity index (χ0) is 10.7. The van der Waals surface area contributed by atoms with Gasteiger partial charge in [0.25, 0.3) is 5.91 Å². The Kier molecular flexibility index (Phi) is 3.48. The predicted molar refractivity (Wildman–Crippen MR) is 58.5 cm³/mol. The minimum Gasteiger partial charge on any atom is -0.454 e. The van der Waals surface area contributed by atoms with Crippen LogP contribution < -0.4 is 16.6 Å². The number of hydrazine groups is 1. The number of furan rings is 1. The Morgan fingerprint density at radius 2 is 2.29 bits per heavy atom. The van der Waals surface area contributed by atoms with E-state index in [2.05, 4.69) is 39.0 Å². The summed E-state index contributed by atoms with van der Waals surface area (Å²) in [6.07, 6.45) is 0. The molecule has 0 atom stereocenters. The normalized spacial score (nSPS) is 9.57. The number of rotatable bonds is 1. The fourth-order valence-electron chi connectivity index (χ4n) is 0.857. The summed E-state index contributed by atoms with van der Waals surface area (Å²) in [4.78, 5) is 11.4. The minimum absolute atomic E-state index is 0.00133. The maximum absolute atomic E-state index is 11.4. The van der Waals surface area contributed by atoms with Crippen LogP contribution in [0.2, 0.25) is 0 Å². The van der Waals surface area contributed by atoms with Gasteiger partial charge in [0.05, 0.1) is 5.56 Å². The van der Waals surface area contributed by atoms with Gasteiger partial charge in [-0.05, 0) is 35.1 Å². The SMILES string of the molecule is Cc1oc(Br)cc1C(=O)NNC(N)=S. The van der Waals surface area contributed by atoms with Crippen molar-refractivity contribution >= 4 is 39.2 Å². The van der Waals surface area contributed by atoms with E-state index in [1.807, 2.05) is 0 Å². The van der Waals surface area contributed by atoms with Crippen molar-refractivity contribution in [3.05, 3.63) is 22.1 Å². The van der Waals surface area contributed by atoms with Gasteiger partial charge in [-0.2, -0.15) is 0 Å². The van der Waals surface area contributed by atoms with Crippen molar-refractivity contribution in [1.29, 1.82) is 0 Å². The smallest absolute Gasteiger partial charge is 0.273 e. The molecule has 0 bridgehead atoms. The Hall–Kier alpha value is -1.08. The lowest BCUT2D eigenvalue weighted by Gasteiger charge is -2.04. The molecule has 0 fully saturated rings. The molecule has 1 aromatic heterocycles. The van der Waals surface area contributed by atoms with E-state index in [-0.39, 0.29) is 11.0 Å². The van der Waals surface area contributed by atoms with Gasteiger partial charge in [-0.3, -0.25) is 15.6 Å². The molecule has 0 spiro atoms. The molecular formula is C7H8BrN3O2S. The molecule has 4 N–H and O–H groups in total. The second kappa shape index (κ2) is 4.43. The molecule has 1 amide bonds. The van der Waals surface area contributed by atoms with Gasteiger partial charge in [0.15, 0.2) is 9.78 Å². The summed E-state index contributed by atoms with van der Waals surface area (Å²) < 4.78 is 5.60. The summed E-state index contributed by atoms with van der Waals surface area (Å²) in [5.41, 5.74) is 10.2. The maximum Gasteiger partial charge on any atom is 0.273 e. The second-order valence-electron chi connectivity index (χ2n) is 2.46. The van der Waals surface area contributed by atoms with Crippen LogP contribution in [0.25, 0.3) is 0 Å². The molecular weight excluding hydrogens is 270 g/mol. The quantitative estimate of drug-likeness (QED) is 0.523. The average Bonchev–Trinajstić information content (AvgIpc) is 2.41. The first-order valence-electron chi connectivity index (χ1n) is 3.62. The van der Waals surface area contributed by atoms with E-state index in [4.69, 9.17) is 10.2 Å². The number of hydrogen-bond acceptors (Lipinski definition) is 3. The number of amides is 1. The van der Waals surface area contributed by atoms with Crippen molar-refractivity contribution in [2.45, 2.75) is 6.92 Å². The molecule has 1 rings (SSSR count). The third-order valence-corrected chi connectivity index (χ3v) is 1.92. The van der Waals surface area contributed by atoms with Crippen LogP contribution in [0.5, 0.6) is 0 Å². The molecule has 5 nitrogen and oxygen atoms in total. The third-order valence-electron chi connectivity index (χ3n) is 1.43. The first kappa shape index (κ1) is 11.0. The number of aryl methyl sites for hydroxylation is 1. The number of nitrogens with one attached hydrogen (secondary N) is 2. The minimum atomic E-state index is -0.357. The monoisotopic (exact) mass is 277 g/mol. The van der Waals surface area contributed by atoms with Gasteiger partial charge >= 0.3 is 0 Å². The van der Waals surface area contributed by atoms with E-state index < -0.39 is 0 Å². The van der Waals surface area contributed by atoms with Crippen LogP contribution >= 0.6 is 28.1 Å². The van der Waals surface area contributed by atoms with Crippen LogP contribution in [0.3, 0.4) is 0 Å². The molecule has 0 aliphatic rings. The van der Waals surface area contributed by atoms with E-state index in [1.54, 1.807) is 13.0 Å². The maximum atomic E-state index is 11.4.